The number of benzene rings is 3. The van der Waals surface area contributed by atoms with Crippen molar-refractivity contribution in [2.75, 3.05) is 0 Å². The summed E-state index contributed by atoms with van der Waals surface area (Å²) < 4.78 is 7.70. The van der Waals surface area contributed by atoms with E-state index in [0.717, 1.165) is 53.6 Å². The number of aliphatic hydroxyl groups is 1. The molecule has 9 heteroatoms. The molecule has 0 bridgehead atoms. The quantitative estimate of drug-likeness (QED) is 0.232. The monoisotopic (exact) mass is 595 g/mol. The van der Waals surface area contributed by atoms with Gasteiger partial charge in [-0.3, -0.25) is 0 Å². The number of nitrogens with zero attached hydrogens (tertiary/aromatic N) is 2. The largest absolute Gasteiger partial charge is 0.414 e. The molecule has 0 unspecified atom stereocenters. The summed E-state index contributed by atoms with van der Waals surface area (Å²) in [6.45, 7) is 0. The molecule has 0 fully saturated rings. The van der Waals surface area contributed by atoms with Crippen molar-refractivity contribution in [3.63, 3.8) is 0 Å². The van der Waals surface area contributed by atoms with Crippen molar-refractivity contribution in [2.24, 2.45) is 0 Å². The summed E-state index contributed by atoms with van der Waals surface area (Å²) in [5, 5.41) is 20.0. The van der Waals surface area contributed by atoms with E-state index in [1.807, 2.05) is 48.5 Å². The lowest BCUT2D eigenvalue weighted by Gasteiger charge is -2.19. The zero-order valence-corrected chi connectivity index (χ0v) is 23.9. The molecule has 0 aliphatic heterocycles. The predicted molar refractivity (Wildman–Crippen MR) is 157 cm³/mol. The third-order valence-electron chi connectivity index (χ3n) is 7.78. The van der Waals surface area contributed by atoms with Gasteiger partial charge >= 0.3 is 6.09 Å². The van der Waals surface area contributed by atoms with Crippen molar-refractivity contribution in [1.82, 2.24) is 15.1 Å². The van der Waals surface area contributed by atoms with Gasteiger partial charge in [0, 0.05) is 27.9 Å². The van der Waals surface area contributed by atoms with Gasteiger partial charge in [-0.15, -0.1) is 5.10 Å². The smallest absolute Gasteiger partial charge is 0.390 e. The maximum atomic E-state index is 13.2. The van der Waals surface area contributed by atoms with Crippen molar-refractivity contribution in [2.45, 2.75) is 56.6 Å². The van der Waals surface area contributed by atoms with E-state index in [9.17, 15) is 9.90 Å². The highest BCUT2D eigenvalue weighted by molar-refractivity contribution is 6.35. The van der Waals surface area contributed by atoms with E-state index in [1.165, 1.54) is 0 Å². The first-order chi connectivity index (χ1) is 19.4. The number of fused-ring (bicyclic) bond motifs is 2. The second-order valence-electron chi connectivity index (χ2n) is 10.4. The minimum atomic E-state index is -0.727. The molecule has 0 saturated heterocycles. The highest BCUT2D eigenvalue weighted by Crippen LogP contribution is 2.41. The normalized spacial score (nSPS) is 19.9. The summed E-state index contributed by atoms with van der Waals surface area (Å²) in [6.07, 6.45) is 3.45. The average Bonchev–Trinajstić information content (AvgIpc) is 3.33. The number of amides is 1. The van der Waals surface area contributed by atoms with Crippen LogP contribution < -0.4 is 10.1 Å². The SMILES string of the molecule is O=C(N[C@@H]1c2ccccc2C[C@@H]1O)Oc1nn(-c2ccc(Cl)cc2Cl)c2c1CCCC[C@H]2Cc1cccc(Cl)c1. The standard InChI is InChI=1S/C31H28Cl3N3O3/c32-21-9-5-6-18(15-21)14-20-8-2-4-11-24-29(20)37(26-13-12-22(33)17-25(26)34)36-30(24)40-31(39)35-28-23-10-3-1-7-19(23)16-27(28)38/h1,3,5-7,9-10,12-13,15,17,20,27-28,38H,2,4,8,11,14,16H2,(H,35,39)/t20-,27-,28+/m0/s1. The number of nitrogens with one attached hydrogen (secondary N) is 1. The van der Waals surface area contributed by atoms with Crippen molar-refractivity contribution < 1.29 is 14.6 Å². The number of aromatic nitrogens is 2. The average molecular weight is 597 g/mol. The Balaban J connectivity index is 1.37. The van der Waals surface area contributed by atoms with E-state index in [2.05, 4.69) is 11.4 Å². The van der Waals surface area contributed by atoms with Gasteiger partial charge in [0.1, 0.15) is 0 Å². The lowest BCUT2D eigenvalue weighted by atomic mass is 9.91. The van der Waals surface area contributed by atoms with Gasteiger partial charge in [0.25, 0.3) is 0 Å². The lowest BCUT2D eigenvalue weighted by Crippen LogP contribution is -2.36. The van der Waals surface area contributed by atoms with Gasteiger partial charge in [-0.2, -0.15) is 0 Å². The molecular weight excluding hydrogens is 569 g/mol. The molecule has 1 aromatic heterocycles. The summed E-state index contributed by atoms with van der Waals surface area (Å²) in [5.74, 6) is 0.344. The summed E-state index contributed by atoms with van der Waals surface area (Å²) in [4.78, 5) is 13.2. The summed E-state index contributed by atoms with van der Waals surface area (Å²) in [5.41, 5.74) is 5.55. The van der Waals surface area contributed by atoms with Crippen LogP contribution >= 0.6 is 34.8 Å². The lowest BCUT2D eigenvalue weighted by molar-refractivity contribution is 0.132. The molecule has 3 aromatic carbocycles. The Bertz CT molecular complexity index is 1570. The molecule has 2 N–H and O–H groups in total. The van der Waals surface area contributed by atoms with Crippen LogP contribution in [0.15, 0.2) is 66.7 Å². The summed E-state index contributed by atoms with van der Waals surface area (Å²) in [6, 6.07) is 20.3. The second-order valence-corrected chi connectivity index (χ2v) is 11.7. The van der Waals surface area contributed by atoms with E-state index >= 15 is 0 Å². The molecule has 0 spiro atoms. The fourth-order valence-electron chi connectivity index (χ4n) is 5.98. The van der Waals surface area contributed by atoms with Crippen molar-refractivity contribution >= 4 is 40.9 Å². The van der Waals surface area contributed by atoms with Crippen LogP contribution in [0.25, 0.3) is 5.69 Å². The molecule has 40 heavy (non-hydrogen) atoms. The molecule has 0 saturated carbocycles. The number of rotatable bonds is 5. The fraction of sp³-hybridized carbons (Fsp3) is 0.290. The van der Waals surface area contributed by atoms with Gasteiger partial charge in [0.05, 0.1) is 28.5 Å². The first-order valence-electron chi connectivity index (χ1n) is 13.4. The number of hydrogen-bond acceptors (Lipinski definition) is 4. The highest BCUT2D eigenvalue weighted by Gasteiger charge is 2.34. The zero-order valence-electron chi connectivity index (χ0n) is 21.6. The molecule has 0 radical (unpaired) electrons. The molecule has 206 valence electrons. The summed E-state index contributed by atoms with van der Waals surface area (Å²) >= 11 is 19.2. The molecule has 3 atom stereocenters. The molecule has 4 aromatic rings. The molecule has 6 nitrogen and oxygen atoms in total. The fourth-order valence-corrected chi connectivity index (χ4v) is 6.69. The van der Waals surface area contributed by atoms with Crippen LogP contribution in [-0.4, -0.2) is 27.1 Å². The Morgan fingerprint density at radius 2 is 1.85 bits per heavy atom. The second kappa shape index (κ2) is 11.5. The molecule has 6 rings (SSSR count). The number of ether oxygens (including phenoxy) is 1. The van der Waals surface area contributed by atoms with Gasteiger partial charge in [-0.25, -0.2) is 9.48 Å². The Labute approximate surface area is 247 Å². The van der Waals surface area contributed by atoms with Crippen molar-refractivity contribution in [1.29, 1.82) is 0 Å². The minimum absolute atomic E-state index is 0.0964. The number of aliphatic hydroxyl groups excluding tert-OH is 1. The third-order valence-corrected chi connectivity index (χ3v) is 8.55. The van der Waals surface area contributed by atoms with Gasteiger partial charge in [-0.05, 0) is 72.7 Å². The topological polar surface area (TPSA) is 76.4 Å². The van der Waals surface area contributed by atoms with Gasteiger partial charge < -0.3 is 15.2 Å². The minimum Gasteiger partial charge on any atom is -0.390 e. The maximum Gasteiger partial charge on any atom is 0.414 e. The molecule has 2 aliphatic rings. The number of carbonyl (C=O) groups excluding carboxylic acids is 1. The Morgan fingerprint density at radius 3 is 2.67 bits per heavy atom. The molecular formula is C31H28Cl3N3O3. The van der Waals surface area contributed by atoms with Gasteiger partial charge in [-0.1, -0.05) is 77.6 Å². The Morgan fingerprint density at radius 1 is 1.02 bits per heavy atom. The molecule has 2 aliphatic carbocycles. The molecule has 1 amide bonds. The summed E-state index contributed by atoms with van der Waals surface area (Å²) in [7, 11) is 0. The van der Waals surface area contributed by atoms with Gasteiger partial charge in [0.15, 0.2) is 0 Å². The first kappa shape index (κ1) is 27.2. The molecule has 1 heterocycles. The van der Waals surface area contributed by atoms with E-state index in [4.69, 9.17) is 44.6 Å². The Kier molecular flexibility index (Phi) is 7.78. The van der Waals surface area contributed by atoms with E-state index in [0.29, 0.717) is 33.6 Å². The number of hydrogen-bond donors (Lipinski definition) is 2. The first-order valence-corrected chi connectivity index (χ1v) is 14.6. The van der Waals surface area contributed by atoms with Gasteiger partial charge in [0.2, 0.25) is 5.88 Å². The van der Waals surface area contributed by atoms with Crippen molar-refractivity contribution in [3.8, 4) is 11.6 Å². The zero-order chi connectivity index (χ0) is 27.8. The van der Waals surface area contributed by atoms with Crippen LogP contribution in [0.2, 0.25) is 15.1 Å². The van der Waals surface area contributed by atoms with E-state index < -0.39 is 18.2 Å². The third kappa shape index (κ3) is 5.46. The van der Waals surface area contributed by atoms with Crippen LogP contribution in [-0.2, 0) is 19.3 Å². The highest BCUT2D eigenvalue weighted by atomic mass is 35.5. The van der Waals surface area contributed by atoms with Crippen molar-refractivity contribution in [3.05, 3.63) is 110 Å². The van der Waals surface area contributed by atoms with E-state index in [-0.39, 0.29) is 11.8 Å². The predicted octanol–water partition coefficient (Wildman–Crippen LogP) is 7.63. The van der Waals surface area contributed by atoms with Crippen LogP contribution in [0.1, 0.15) is 59.2 Å². The number of carbonyl (C=O) groups is 1. The number of halogens is 3. The van der Waals surface area contributed by atoms with Crippen LogP contribution in [0.3, 0.4) is 0 Å². The van der Waals surface area contributed by atoms with Crippen LogP contribution in [0.5, 0.6) is 5.88 Å². The van der Waals surface area contributed by atoms with Crippen LogP contribution in [0.4, 0.5) is 4.79 Å². The Hall–Kier alpha value is -3.03. The van der Waals surface area contributed by atoms with Crippen LogP contribution in [0, 0.1) is 0 Å². The maximum absolute atomic E-state index is 13.2. The van der Waals surface area contributed by atoms with E-state index in [1.54, 1.807) is 16.8 Å².